The third-order valence-electron chi connectivity index (χ3n) is 4.33. The third kappa shape index (κ3) is 6.85. The highest BCUT2D eigenvalue weighted by Gasteiger charge is 2.27. The molecule has 0 radical (unpaired) electrons. The summed E-state index contributed by atoms with van der Waals surface area (Å²) in [5.74, 6) is 0.186. The minimum absolute atomic E-state index is 0.115. The molecule has 0 aliphatic heterocycles. The van der Waals surface area contributed by atoms with Crippen LogP contribution in [-0.4, -0.2) is 58.6 Å². The van der Waals surface area contributed by atoms with Crippen molar-refractivity contribution in [3.8, 4) is 5.75 Å². The minimum Gasteiger partial charge on any atom is -0.497 e. The first-order valence-corrected chi connectivity index (χ1v) is 10.8. The Morgan fingerprint density at radius 2 is 1.72 bits per heavy atom. The van der Waals surface area contributed by atoms with Crippen LogP contribution in [0, 0.1) is 0 Å². The summed E-state index contributed by atoms with van der Waals surface area (Å²) in [4.78, 5) is 12.6. The molecule has 2 rings (SSSR count). The Morgan fingerprint density at radius 1 is 1.07 bits per heavy atom. The monoisotopic (exact) mass is 420 g/mol. The van der Waals surface area contributed by atoms with Crippen LogP contribution in [0.4, 0.5) is 0 Å². The molecule has 1 amide bonds. The van der Waals surface area contributed by atoms with E-state index in [4.69, 9.17) is 9.47 Å². The van der Waals surface area contributed by atoms with Crippen LogP contribution in [-0.2, 0) is 26.0 Å². The first-order chi connectivity index (χ1) is 13.9. The van der Waals surface area contributed by atoms with Crippen LogP contribution in [0.3, 0.4) is 0 Å². The van der Waals surface area contributed by atoms with E-state index in [0.717, 1.165) is 5.56 Å². The quantitative estimate of drug-likeness (QED) is 0.602. The van der Waals surface area contributed by atoms with Crippen molar-refractivity contribution >= 4 is 15.9 Å². The molecule has 0 bridgehead atoms. The van der Waals surface area contributed by atoms with E-state index in [2.05, 4.69) is 5.32 Å². The van der Waals surface area contributed by atoms with Gasteiger partial charge in [-0.3, -0.25) is 4.79 Å². The molecule has 8 heteroatoms. The Hall–Kier alpha value is -2.42. The Labute approximate surface area is 172 Å². The van der Waals surface area contributed by atoms with Crippen LogP contribution < -0.4 is 10.1 Å². The van der Waals surface area contributed by atoms with Gasteiger partial charge in [0.2, 0.25) is 15.9 Å². The van der Waals surface area contributed by atoms with Crippen molar-refractivity contribution in [2.24, 2.45) is 0 Å². The van der Waals surface area contributed by atoms with Crippen molar-refractivity contribution < 1.29 is 22.7 Å². The number of benzene rings is 2. The van der Waals surface area contributed by atoms with Crippen LogP contribution in [0.15, 0.2) is 59.5 Å². The van der Waals surface area contributed by atoms with Gasteiger partial charge in [-0.25, -0.2) is 8.42 Å². The first-order valence-electron chi connectivity index (χ1n) is 9.33. The standard InChI is InChI=1S/C21H28N2O5S/c1-17(16-27-2)22-21(24)15-23(14-13-18-7-5-4-6-8-18)29(25,26)20-11-9-19(28-3)10-12-20/h4-12,17H,13-16H2,1-3H3,(H,22,24)/t17-/m1/s1. The number of methoxy groups -OCH3 is 2. The van der Waals surface area contributed by atoms with E-state index < -0.39 is 10.0 Å². The summed E-state index contributed by atoms with van der Waals surface area (Å²) in [5.41, 5.74) is 0.996. The van der Waals surface area contributed by atoms with E-state index in [1.807, 2.05) is 30.3 Å². The molecule has 0 saturated heterocycles. The summed E-state index contributed by atoms with van der Waals surface area (Å²) in [7, 11) is -0.794. The van der Waals surface area contributed by atoms with Gasteiger partial charge in [-0.15, -0.1) is 0 Å². The predicted octanol–water partition coefficient (Wildman–Crippen LogP) is 2.08. The fourth-order valence-corrected chi connectivity index (χ4v) is 4.25. The van der Waals surface area contributed by atoms with Gasteiger partial charge in [-0.1, -0.05) is 30.3 Å². The number of hydrogen-bond donors (Lipinski definition) is 1. The lowest BCUT2D eigenvalue weighted by Crippen LogP contribution is -2.45. The first kappa shape index (κ1) is 22.9. The van der Waals surface area contributed by atoms with Gasteiger partial charge in [0.25, 0.3) is 0 Å². The number of amides is 1. The smallest absolute Gasteiger partial charge is 0.243 e. The SMILES string of the molecule is COC[C@@H](C)NC(=O)CN(CCc1ccccc1)S(=O)(=O)c1ccc(OC)cc1. The molecule has 158 valence electrons. The zero-order chi connectivity index (χ0) is 21.3. The largest absolute Gasteiger partial charge is 0.497 e. The van der Waals surface area contributed by atoms with Gasteiger partial charge in [-0.2, -0.15) is 4.31 Å². The Morgan fingerprint density at radius 3 is 2.31 bits per heavy atom. The lowest BCUT2D eigenvalue weighted by atomic mass is 10.1. The zero-order valence-electron chi connectivity index (χ0n) is 17.0. The van der Waals surface area contributed by atoms with Crippen molar-refractivity contribution in [1.82, 2.24) is 9.62 Å². The summed E-state index contributed by atoms with van der Waals surface area (Å²) >= 11 is 0. The van der Waals surface area contributed by atoms with Gasteiger partial charge in [0.1, 0.15) is 5.75 Å². The molecule has 0 spiro atoms. The molecule has 0 unspecified atom stereocenters. The molecule has 0 aliphatic rings. The van der Waals surface area contributed by atoms with E-state index in [9.17, 15) is 13.2 Å². The van der Waals surface area contributed by atoms with Crippen LogP contribution in [0.5, 0.6) is 5.75 Å². The number of carbonyl (C=O) groups excluding carboxylic acids is 1. The molecule has 0 aliphatic carbocycles. The number of rotatable bonds is 11. The molecule has 7 nitrogen and oxygen atoms in total. The molecule has 2 aromatic carbocycles. The van der Waals surface area contributed by atoms with Gasteiger partial charge in [0.15, 0.2) is 0 Å². The van der Waals surface area contributed by atoms with Crippen LogP contribution in [0.1, 0.15) is 12.5 Å². The maximum Gasteiger partial charge on any atom is 0.243 e. The van der Waals surface area contributed by atoms with Gasteiger partial charge < -0.3 is 14.8 Å². The average Bonchev–Trinajstić information content (AvgIpc) is 2.71. The van der Waals surface area contributed by atoms with E-state index in [0.29, 0.717) is 18.8 Å². The topological polar surface area (TPSA) is 84.9 Å². The second-order valence-electron chi connectivity index (χ2n) is 6.67. The zero-order valence-corrected chi connectivity index (χ0v) is 17.8. The van der Waals surface area contributed by atoms with Crippen molar-refractivity contribution in [3.63, 3.8) is 0 Å². The number of nitrogens with one attached hydrogen (secondary N) is 1. The van der Waals surface area contributed by atoms with Crippen LogP contribution in [0.2, 0.25) is 0 Å². The van der Waals surface area contributed by atoms with Gasteiger partial charge in [0.05, 0.1) is 25.2 Å². The summed E-state index contributed by atoms with van der Waals surface area (Å²) < 4.78 is 37.7. The highest BCUT2D eigenvalue weighted by molar-refractivity contribution is 7.89. The van der Waals surface area contributed by atoms with Crippen molar-refractivity contribution in [2.75, 3.05) is 33.9 Å². The molecule has 0 aromatic heterocycles. The van der Waals surface area contributed by atoms with E-state index in [-0.39, 0.29) is 29.9 Å². The van der Waals surface area contributed by atoms with Gasteiger partial charge in [-0.05, 0) is 43.2 Å². The van der Waals surface area contributed by atoms with E-state index in [1.54, 1.807) is 26.2 Å². The number of hydrogen-bond acceptors (Lipinski definition) is 5. The lowest BCUT2D eigenvalue weighted by Gasteiger charge is -2.23. The third-order valence-corrected chi connectivity index (χ3v) is 6.19. The average molecular weight is 421 g/mol. The Bertz CT molecular complexity index is 870. The highest BCUT2D eigenvalue weighted by atomic mass is 32.2. The summed E-state index contributed by atoms with van der Waals surface area (Å²) in [6.45, 7) is 2.06. The second kappa shape index (κ2) is 10.9. The second-order valence-corrected chi connectivity index (χ2v) is 8.61. The molecular weight excluding hydrogens is 392 g/mol. The number of sulfonamides is 1. The Kier molecular flexibility index (Phi) is 8.63. The molecule has 0 heterocycles. The number of ether oxygens (including phenoxy) is 2. The summed E-state index contributed by atoms with van der Waals surface area (Å²) in [6.07, 6.45) is 0.497. The summed E-state index contributed by atoms with van der Waals surface area (Å²) in [5, 5.41) is 2.76. The molecule has 29 heavy (non-hydrogen) atoms. The van der Waals surface area contributed by atoms with E-state index >= 15 is 0 Å². The fraction of sp³-hybridized carbons (Fsp3) is 0.381. The molecule has 2 aromatic rings. The Balaban J connectivity index is 2.20. The van der Waals surface area contributed by atoms with Gasteiger partial charge >= 0.3 is 0 Å². The van der Waals surface area contributed by atoms with Crippen LogP contribution >= 0.6 is 0 Å². The van der Waals surface area contributed by atoms with Crippen molar-refractivity contribution in [1.29, 1.82) is 0 Å². The molecular formula is C21H28N2O5S. The van der Waals surface area contributed by atoms with Gasteiger partial charge in [0, 0.05) is 19.7 Å². The molecule has 0 saturated carbocycles. The van der Waals surface area contributed by atoms with Crippen molar-refractivity contribution in [3.05, 3.63) is 60.2 Å². The van der Waals surface area contributed by atoms with Crippen molar-refractivity contribution in [2.45, 2.75) is 24.3 Å². The van der Waals surface area contributed by atoms with E-state index in [1.165, 1.54) is 23.5 Å². The lowest BCUT2D eigenvalue weighted by molar-refractivity contribution is -0.122. The highest BCUT2D eigenvalue weighted by Crippen LogP contribution is 2.20. The predicted molar refractivity (Wildman–Crippen MR) is 111 cm³/mol. The normalized spacial score (nSPS) is 12.6. The number of carbonyl (C=O) groups is 1. The number of nitrogens with zero attached hydrogens (tertiary/aromatic N) is 1. The molecule has 1 atom stereocenters. The fourth-order valence-electron chi connectivity index (χ4n) is 2.85. The maximum atomic E-state index is 13.2. The molecule has 1 N–H and O–H groups in total. The maximum absolute atomic E-state index is 13.2. The van der Waals surface area contributed by atoms with Crippen LogP contribution in [0.25, 0.3) is 0 Å². The molecule has 0 fully saturated rings. The minimum atomic E-state index is -3.85. The summed E-state index contributed by atoms with van der Waals surface area (Å²) in [6, 6.07) is 15.5.